The van der Waals surface area contributed by atoms with Crippen LogP contribution in [0.3, 0.4) is 0 Å². The Morgan fingerprint density at radius 1 is 1.16 bits per heavy atom. The van der Waals surface area contributed by atoms with Gasteiger partial charge < -0.3 is 14.8 Å². The van der Waals surface area contributed by atoms with Crippen molar-refractivity contribution >= 4 is 17.8 Å². The van der Waals surface area contributed by atoms with Crippen LogP contribution in [0.5, 0.6) is 0 Å². The second kappa shape index (κ2) is 8.29. The SMILES string of the molecule is CCOC(NC(=O)OC(C)(C)C)c1cccc(NC(=O)C(C)(C)C)n1. The Labute approximate surface area is 149 Å². The lowest BCUT2D eigenvalue weighted by molar-refractivity contribution is -0.123. The lowest BCUT2D eigenvalue weighted by Gasteiger charge is -2.23. The van der Waals surface area contributed by atoms with Crippen LogP contribution < -0.4 is 10.6 Å². The number of aromatic nitrogens is 1. The van der Waals surface area contributed by atoms with Crippen molar-refractivity contribution in [3.8, 4) is 0 Å². The van der Waals surface area contributed by atoms with E-state index in [0.29, 0.717) is 18.1 Å². The maximum absolute atomic E-state index is 12.1. The number of hydrogen-bond donors (Lipinski definition) is 2. The van der Waals surface area contributed by atoms with Gasteiger partial charge in [0.15, 0.2) is 6.23 Å². The van der Waals surface area contributed by atoms with Crippen molar-refractivity contribution in [2.24, 2.45) is 5.41 Å². The number of amides is 2. The first-order valence-electron chi connectivity index (χ1n) is 8.32. The van der Waals surface area contributed by atoms with Crippen LogP contribution in [0.4, 0.5) is 10.6 Å². The quantitative estimate of drug-likeness (QED) is 0.791. The minimum Gasteiger partial charge on any atom is -0.444 e. The molecule has 2 N–H and O–H groups in total. The van der Waals surface area contributed by atoms with Gasteiger partial charge in [0.05, 0.1) is 5.69 Å². The lowest BCUT2D eigenvalue weighted by atomic mass is 9.96. The highest BCUT2D eigenvalue weighted by atomic mass is 16.6. The zero-order chi connectivity index (χ0) is 19.3. The van der Waals surface area contributed by atoms with E-state index in [2.05, 4.69) is 15.6 Å². The molecule has 7 nitrogen and oxygen atoms in total. The highest BCUT2D eigenvalue weighted by Gasteiger charge is 2.24. The Morgan fingerprint density at radius 2 is 1.80 bits per heavy atom. The van der Waals surface area contributed by atoms with E-state index >= 15 is 0 Å². The fourth-order valence-electron chi connectivity index (χ4n) is 1.75. The van der Waals surface area contributed by atoms with Crippen LogP contribution in [0.2, 0.25) is 0 Å². The zero-order valence-corrected chi connectivity index (χ0v) is 16.1. The first-order valence-corrected chi connectivity index (χ1v) is 8.32. The van der Waals surface area contributed by atoms with E-state index in [1.807, 2.05) is 27.7 Å². The number of rotatable bonds is 5. The third-order valence-corrected chi connectivity index (χ3v) is 2.94. The second-order valence-corrected chi connectivity index (χ2v) is 7.63. The molecule has 1 aromatic rings. The summed E-state index contributed by atoms with van der Waals surface area (Å²) < 4.78 is 10.8. The predicted molar refractivity (Wildman–Crippen MR) is 96.1 cm³/mol. The van der Waals surface area contributed by atoms with E-state index in [9.17, 15) is 9.59 Å². The number of pyridine rings is 1. The molecule has 7 heteroatoms. The molecule has 1 atom stereocenters. The van der Waals surface area contributed by atoms with E-state index in [4.69, 9.17) is 9.47 Å². The topological polar surface area (TPSA) is 89.5 Å². The molecule has 0 fully saturated rings. The van der Waals surface area contributed by atoms with Gasteiger partial charge in [-0.1, -0.05) is 26.8 Å². The van der Waals surface area contributed by atoms with Gasteiger partial charge >= 0.3 is 6.09 Å². The van der Waals surface area contributed by atoms with E-state index in [1.165, 1.54) is 0 Å². The predicted octanol–water partition coefficient (Wildman–Crippen LogP) is 3.63. The number of ether oxygens (including phenoxy) is 2. The van der Waals surface area contributed by atoms with Crippen LogP contribution in [0, 0.1) is 5.41 Å². The highest BCUT2D eigenvalue weighted by molar-refractivity contribution is 5.93. The van der Waals surface area contributed by atoms with E-state index in [-0.39, 0.29) is 5.91 Å². The summed E-state index contributed by atoms with van der Waals surface area (Å²) in [5.74, 6) is 0.248. The average Bonchev–Trinajstić information content (AvgIpc) is 2.44. The van der Waals surface area contributed by atoms with Gasteiger partial charge in [-0.05, 0) is 39.8 Å². The molecule has 0 bridgehead atoms. The average molecular weight is 351 g/mol. The van der Waals surface area contributed by atoms with Crippen LogP contribution in [0.15, 0.2) is 18.2 Å². The van der Waals surface area contributed by atoms with Crippen molar-refractivity contribution in [3.63, 3.8) is 0 Å². The highest BCUT2D eigenvalue weighted by Crippen LogP contribution is 2.19. The van der Waals surface area contributed by atoms with E-state index in [0.717, 1.165) is 0 Å². The summed E-state index contributed by atoms with van der Waals surface area (Å²) >= 11 is 0. The number of nitrogens with zero attached hydrogens (tertiary/aromatic N) is 1. The van der Waals surface area contributed by atoms with Gasteiger partial charge in [-0.2, -0.15) is 0 Å². The number of hydrogen-bond acceptors (Lipinski definition) is 5. The third-order valence-electron chi connectivity index (χ3n) is 2.94. The molecule has 2 amide bonds. The van der Waals surface area contributed by atoms with Crippen molar-refractivity contribution in [1.82, 2.24) is 10.3 Å². The molecular formula is C18H29N3O4. The molecule has 0 aromatic carbocycles. The Morgan fingerprint density at radius 3 is 2.32 bits per heavy atom. The smallest absolute Gasteiger partial charge is 0.409 e. The number of carbonyl (C=O) groups is 2. The number of carbonyl (C=O) groups excluding carboxylic acids is 2. The Bertz CT molecular complexity index is 603. The van der Waals surface area contributed by atoms with E-state index < -0.39 is 23.3 Å². The molecule has 0 saturated carbocycles. The summed E-state index contributed by atoms with van der Waals surface area (Å²) in [6.07, 6.45) is -1.37. The molecule has 0 aliphatic heterocycles. The zero-order valence-electron chi connectivity index (χ0n) is 16.1. The van der Waals surface area contributed by atoms with Gasteiger partial charge in [-0.3, -0.25) is 10.1 Å². The second-order valence-electron chi connectivity index (χ2n) is 7.63. The Hall–Kier alpha value is -2.15. The molecule has 1 rings (SSSR count). The first kappa shape index (κ1) is 20.9. The van der Waals surface area contributed by atoms with Crippen molar-refractivity contribution in [1.29, 1.82) is 0 Å². The van der Waals surface area contributed by atoms with E-state index in [1.54, 1.807) is 39.0 Å². The molecule has 0 saturated heterocycles. The summed E-state index contributed by atoms with van der Waals surface area (Å²) in [6.45, 7) is 13.0. The van der Waals surface area contributed by atoms with Crippen LogP contribution >= 0.6 is 0 Å². The summed E-state index contributed by atoms with van der Waals surface area (Å²) in [5.41, 5.74) is -0.679. The number of anilines is 1. The molecular weight excluding hydrogens is 322 g/mol. The first-order chi connectivity index (χ1) is 11.4. The number of nitrogens with one attached hydrogen (secondary N) is 2. The molecule has 0 aliphatic rings. The van der Waals surface area contributed by atoms with Crippen molar-refractivity contribution in [2.75, 3.05) is 11.9 Å². The maximum atomic E-state index is 12.1. The van der Waals surface area contributed by atoms with Crippen LogP contribution in [0.25, 0.3) is 0 Å². The molecule has 1 aromatic heterocycles. The summed E-state index contributed by atoms with van der Waals surface area (Å²) in [6, 6.07) is 5.14. The van der Waals surface area contributed by atoms with Gasteiger partial charge in [0.25, 0.3) is 0 Å². The minimum atomic E-state index is -0.772. The summed E-state index contributed by atoms with van der Waals surface area (Å²) in [7, 11) is 0. The minimum absolute atomic E-state index is 0.148. The molecule has 1 unspecified atom stereocenters. The van der Waals surface area contributed by atoms with Gasteiger partial charge in [-0.25, -0.2) is 9.78 Å². The van der Waals surface area contributed by atoms with Crippen molar-refractivity contribution < 1.29 is 19.1 Å². The fraction of sp³-hybridized carbons (Fsp3) is 0.611. The number of alkyl carbamates (subject to hydrolysis) is 1. The molecule has 0 spiro atoms. The molecule has 140 valence electrons. The maximum Gasteiger partial charge on any atom is 0.409 e. The van der Waals surface area contributed by atoms with Crippen molar-refractivity contribution in [2.45, 2.75) is 60.3 Å². The van der Waals surface area contributed by atoms with Gasteiger partial charge in [0, 0.05) is 12.0 Å². The molecule has 25 heavy (non-hydrogen) atoms. The Balaban J connectivity index is 2.92. The standard InChI is InChI=1S/C18H29N3O4/c1-8-24-14(21-16(23)25-18(5,6)7)12-10-9-11-13(19-12)20-15(22)17(2,3)4/h9-11,14H,8H2,1-7H3,(H,21,23)(H,19,20,22). The molecule has 1 heterocycles. The largest absolute Gasteiger partial charge is 0.444 e. The van der Waals surface area contributed by atoms with Gasteiger partial charge in [-0.15, -0.1) is 0 Å². The fourth-order valence-corrected chi connectivity index (χ4v) is 1.75. The van der Waals surface area contributed by atoms with Crippen molar-refractivity contribution in [3.05, 3.63) is 23.9 Å². The van der Waals surface area contributed by atoms with Gasteiger partial charge in [0.1, 0.15) is 11.4 Å². The van der Waals surface area contributed by atoms with Gasteiger partial charge in [0.2, 0.25) is 5.91 Å². The molecule has 0 aliphatic carbocycles. The monoisotopic (exact) mass is 351 g/mol. The summed E-state index contributed by atoms with van der Waals surface area (Å²) in [5, 5.41) is 5.40. The lowest BCUT2D eigenvalue weighted by Crippen LogP contribution is -2.36. The normalized spacial score (nSPS) is 13.1. The third kappa shape index (κ3) is 7.51. The molecule has 0 radical (unpaired) electrons. The Kier molecular flexibility index (Phi) is 6.93. The van der Waals surface area contributed by atoms with Crippen LogP contribution in [-0.4, -0.2) is 29.2 Å². The summed E-state index contributed by atoms with van der Waals surface area (Å²) in [4.78, 5) is 28.5. The van der Waals surface area contributed by atoms with Crippen LogP contribution in [0.1, 0.15) is 60.4 Å². The van der Waals surface area contributed by atoms with Crippen LogP contribution in [-0.2, 0) is 14.3 Å².